The van der Waals surface area contributed by atoms with Crippen LogP contribution in [-0.2, 0) is 14.3 Å². The first kappa shape index (κ1) is 18.8. The van der Waals surface area contributed by atoms with Gasteiger partial charge in [-0.3, -0.25) is 4.79 Å². The maximum Gasteiger partial charge on any atom is 0.365 e. The van der Waals surface area contributed by atoms with Gasteiger partial charge in [0, 0.05) is 12.7 Å². The van der Waals surface area contributed by atoms with Crippen molar-refractivity contribution in [3.63, 3.8) is 0 Å². The van der Waals surface area contributed by atoms with E-state index in [4.69, 9.17) is 4.74 Å². The Morgan fingerprint density at radius 1 is 1.19 bits per heavy atom. The lowest BCUT2D eigenvalue weighted by Crippen LogP contribution is -2.47. The number of carbonyl (C=O) groups is 2. The predicted molar refractivity (Wildman–Crippen MR) is 107 cm³/mol. The molecule has 1 aromatic rings. The van der Waals surface area contributed by atoms with E-state index in [0.717, 1.165) is 16.9 Å². The fourth-order valence-electron chi connectivity index (χ4n) is 2.77. The summed E-state index contributed by atoms with van der Waals surface area (Å²) in [5.74, 6) is -0.445. The molecule has 0 radical (unpaired) electrons. The van der Waals surface area contributed by atoms with E-state index in [1.807, 2.05) is 50.1 Å². The average Bonchev–Trinajstić information content (AvgIpc) is 3.10. The van der Waals surface area contributed by atoms with Crippen LogP contribution in [0.5, 0.6) is 0 Å². The van der Waals surface area contributed by atoms with E-state index in [1.165, 1.54) is 23.5 Å². The maximum absolute atomic E-state index is 12.3. The number of benzene rings is 1. The summed E-state index contributed by atoms with van der Waals surface area (Å²) in [4.78, 5) is 27.1. The molecule has 0 amide bonds. The van der Waals surface area contributed by atoms with Crippen molar-refractivity contribution in [2.45, 2.75) is 32.0 Å². The summed E-state index contributed by atoms with van der Waals surface area (Å²) in [6, 6.07) is 7.92. The average molecular weight is 392 g/mol. The summed E-state index contributed by atoms with van der Waals surface area (Å²) in [6.07, 6.45) is 0. The molecule has 2 heterocycles. The van der Waals surface area contributed by atoms with E-state index in [9.17, 15) is 9.59 Å². The molecule has 0 bridgehead atoms. The Hall–Kier alpha value is -1.93. The minimum atomic E-state index is -0.761. The number of hydrazone groups is 1. The van der Waals surface area contributed by atoms with E-state index in [1.54, 1.807) is 18.9 Å². The normalized spacial score (nSPS) is 22.3. The van der Waals surface area contributed by atoms with Crippen molar-refractivity contribution in [3.8, 4) is 0 Å². The molecule has 3 rings (SSSR count). The van der Waals surface area contributed by atoms with E-state index in [0.29, 0.717) is 4.91 Å². The van der Waals surface area contributed by atoms with Gasteiger partial charge in [0.05, 0.1) is 17.2 Å². The highest BCUT2D eigenvalue weighted by Crippen LogP contribution is 2.58. The molecule has 2 aliphatic heterocycles. The van der Waals surface area contributed by atoms with Gasteiger partial charge in [0.25, 0.3) is 0 Å². The first-order valence-electron chi connectivity index (χ1n) is 8.26. The second-order valence-electron chi connectivity index (χ2n) is 6.06. The fraction of sp³-hybridized carbons (Fsp3) is 0.389. The fourth-order valence-corrected chi connectivity index (χ4v) is 5.64. The van der Waals surface area contributed by atoms with Gasteiger partial charge in [-0.2, -0.15) is 5.10 Å². The molecule has 0 saturated heterocycles. The Labute approximate surface area is 161 Å². The third-order valence-electron chi connectivity index (χ3n) is 4.23. The number of hydrogen-bond donors (Lipinski definition) is 0. The van der Waals surface area contributed by atoms with Gasteiger partial charge in [-0.1, -0.05) is 29.5 Å². The van der Waals surface area contributed by atoms with Crippen molar-refractivity contribution in [1.29, 1.82) is 0 Å². The number of nitrogens with zero attached hydrogens (tertiary/aromatic N) is 3. The standard InChI is InChI=1S/C18H21N3O3S2/c1-6-24-17(23)16-19-21(14-9-7-11(2)8-10-14)18(26-16)20(5)12(3)15(25-18)13(4)22/h7-10H,6H2,1-5H3. The summed E-state index contributed by atoms with van der Waals surface area (Å²) in [5.41, 5.74) is 2.85. The number of allylic oxidation sites excluding steroid dienone is 2. The molecule has 6 nitrogen and oxygen atoms in total. The zero-order chi connectivity index (χ0) is 19.1. The van der Waals surface area contributed by atoms with Gasteiger partial charge in [0.2, 0.25) is 9.37 Å². The van der Waals surface area contributed by atoms with Gasteiger partial charge in [0.1, 0.15) is 0 Å². The van der Waals surface area contributed by atoms with E-state index in [2.05, 4.69) is 5.10 Å². The third-order valence-corrected chi connectivity index (χ3v) is 7.38. The second kappa shape index (κ2) is 7.00. The molecule has 1 atom stereocenters. The molecule has 1 aromatic carbocycles. The molecular weight excluding hydrogens is 370 g/mol. The summed E-state index contributed by atoms with van der Waals surface area (Å²) < 4.78 is 4.38. The Bertz CT molecular complexity index is 819. The third kappa shape index (κ3) is 3.01. The van der Waals surface area contributed by atoms with Crippen molar-refractivity contribution in [2.24, 2.45) is 5.10 Å². The molecule has 0 fully saturated rings. The van der Waals surface area contributed by atoms with Gasteiger partial charge >= 0.3 is 5.97 Å². The van der Waals surface area contributed by atoms with Crippen molar-refractivity contribution < 1.29 is 14.3 Å². The Balaban J connectivity index is 2.05. The van der Waals surface area contributed by atoms with Crippen LogP contribution in [0.3, 0.4) is 0 Å². The van der Waals surface area contributed by atoms with Crippen LogP contribution in [0.25, 0.3) is 0 Å². The van der Waals surface area contributed by atoms with Gasteiger partial charge in [-0.25, -0.2) is 9.80 Å². The van der Waals surface area contributed by atoms with E-state index >= 15 is 0 Å². The van der Waals surface area contributed by atoms with E-state index in [-0.39, 0.29) is 17.4 Å². The number of rotatable bonds is 4. The molecule has 26 heavy (non-hydrogen) atoms. The first-order chi connectivity index (χ1) is 12.3. The number of aryl methyl sites for hydroxylation is 1. The Morgan fingerprint density at radius 3 is 2.38 bits per heavy atom. The monoisotopic (exact) mass is 391 g/mol. The van der Waals surface area contributed by atoms with Crippen LogP contribution in [0, 0.1) is 6.92 Å². The van der Waals surface area contributed by atoms with Crippen molar-refractivity contribution >= 4 is 46.0 Å². The number of anilines is 1. The summed E-state index contributed by atoms with van der Waals surface area (Å²) in [6.45, 7) is 7.54. The lowest BCUT2D eigenvalue weighted by Gasteiger charge is -2.39. The predicted octanol–water partition coefficient (Wildman–Crippen LogP) is 3.54. The molecule has 138 valence electrons. The van der Waals surface area contributed by atoms with Crippen molar-refractivity contribution in [1.82, 2.24) is 4.90 Å². The lowest BCUT2D eigenvalue weighted by molar-refractivity contribution is -0.134. The van der Waals surface area contributed by atoms with Crippen LogP contribution in [0.1, 0.15) is 26.3 Å². The van der Waals surface area contributed by atoms with Crippen LogP contribution in [0.4, 0.5) is 5.69 Å². The molecular formula is C18H21N3O3S2. The molecule has 8 heteroatoms. The van der Waals surface area contributed by atoms with Crippen LogP contribution in [0.15, 0.2) is 40.0 Å². The largest absolute Gasteiger partial charge is 0.461 e. The highest BCUT2D eigenvalue weighted by Gasteiger charge is 2.56. The molecule has 0 N–H and O–H groups in total. The zero-order valence-corrected chi connectivity index (χ0v) is 17.0. The van der Waals surface area contributed by atoms with Crippen molar-refractivity contribution in [3.05, 3.63) is 40.4 Å². The van der Waals surface area contributed by atoms with Crippen LogP contribution in [-0.4, -0.2) is 39.7 Å². The minimum absolute atomic E-state index is 0.00488. The highest BCUT2D eigenvalue weighted by molar-refractivity contribution is 8.28. The Kier molecular flexibility index (Phi) is 5.07. The van der Waals surface area contributed by atoms with Gasteiger partial charge in [-0.05, 0) is 51.6 Å². The number of ketones is 1. The summed E-state index contributed by atoms with van der Waals surface area (Å²) >= 11 is 2.72. The molecule has 1 unspecified atom stereocenters. The number of hydrogen-bond acceptors (Lipinski definition) is 8. The molecule has 0 saturated carbocycles. The number of carbonyl (C=O) groups excluding carboxylic acids is 2. The number of esters is 1. The van der Waals surface area contributed by atoms with E-state index < -0.39 is 10.3 Å². The van der Waals surface area contributed by atoms with Crippen molar-refractivity contribution in [2.75, 3.05) is 18.7 Å². The minimum Gasteiger partial charge on any atom is -0.461 e. The van der Waals surface area contributed by atoms with Crippen LogP contribution >= 0.6 is 23.5 Å². The number of ether oxygens (including phenoxy) is 1. The zero-order valence-electron chi connectivity index (χ0n) is 15.4. The van der Waals surface area contributed by atoms with Gasteiger partial charge in [0.15, 0.2) is 5.78 Å². The molecule has 0 aliphatic carbocycles. The molecule has 1 spiro atoms. The SMILES string of the molecule is CCOC(=O)C1=NN(c2ccc(C)cc2)C2(S1)SC(C(C)=O)=C(C)N2C. The second-order valence-corrected chi connectivity index (χ2v) is 8.66. The quantitative estimate of drug-likeness (QED) is 0.728. The van der Waals surface area contributed by atoms with Crippen LogP contribution in [0.2, 0.25) is 0 Å². The first-order valence-corrected chi connectivity index (χ1v) is 9.89. The molecule has 2 aliphatic rings. The Morgan fingerprint density at radius 2 is 1.85 bits per heavy atom. The van der Waals surface area contributed by atoms with Crippen LogP contribution < -0.4 is 5.01 Å². The highest BCUT2D eigenvalue weighted by atomic mass is 32.2. The maximum atomic E-state index is 12.3. The van der Waals surface area contributed by atoms with Gasteiger partial charge in [-0.15, -0.1) is 0 Å². The number of Topliss-reactive ketones (excluding diaryl/α,β-unsaturated/α-hetero) is 1. The summed E-state index contributed by atoms with van der Waals surface area (Å²) in [7, 11) is 1.91. The number of thioether (sulfide) groups is 2. The smallest absolute Gasteiger partial charge is 0.365 e. The van der Waals surface area contributed by atoms with Gasteiger partial charge < -0.3 is 9.64 Å². The lowest BCUT2D eigenvalue weighted by atomic mass is 10.2. The summed E-state index contributed by atoms with van der Waals surface area (Å²) in [5, 5.41) is 6.64. The molecule has 0 aromatic heterocycles. The topological polar surface area (TPSA) is 62.2 Å².